The van der Waals surface area contributed by atoms with E-state index in [2.05, 4.69) is 15.4 Å². The normalized spacial score (nSPS) is 9.89. The zero-order chi connectivity index (χ0) is 13.0. The summed E-state index contributed by atoms with van der Waals surface area (Å²) < 4.78 is 1.65. The third kappa shape index (κ3) is 3.04. The van der Waals surface area contributed by atoms with Gasteiger partial charge in [0.15, 0.2) is 5.82 Å². The van der Waals surface area contributed by atoms with Crippen LogP contribution in [0.15, 0.2) is 48.4 Å². The minimum atomic E-state index is -0.149. The van der Waals surface area contributed by atoms with Crippen molar-refractivity contribution in [3.8, 4) is 5.82 Å². The third-order valence-electron chi connectivity index (χ3n) is 2.17. The Kier molecular flexibility index (Phi) is 3.52. The second-order valence-corrected chi connectivity index (χ2v) is 4.07. The molecule has 1 N–H and O–H groups in total. The van der Waals surface area contributed by atoms with Crippen molar-refractivity contribution in [3.05, 3.63) is 48.4 Å². The van der Waals surface area contributed by atoms with Gasteiger partial charge in [-0.3, -0.25) is 4.79 Å². The molecule has 0 saturated carbocycles. The number of allylic oxidation sites excluding steroid dienone is 1. The van der Waals surface area contributed by atoms with E-state index in [9.17, 15) is 4.79 Å². The molecular weight excluding hydrogens is 228 g/mol. The van der Waals surface area contributed by atoms with E-state index in [0.717, 1.165) is 5.57 Å². The molecule has 0 spiro atoms. The number of aromatic nitrogens is 3. The van der Waals surface area contributed by atoms with Gasteiger partial charge in [0, 0.05) is 18.5 Å². The van der Waals surface area contributed by atoms with Crippen LogP contribution in [0.25, 0.3) is 5.82 Å². The van der Waals surface area contributed by atoms with Crippen molar-refractivity contribution >= 4 is 11.6 Å². The van der Waals surface area contributed by atoms with Crippen LogP contribution in [0.5, 0.6) is 0 Å². The molecule has 0 aliphatic carbocycles. The molecule has 2 rings (SSSR count). The molecule has 1 amide bonds. The zero-order valence-electron chi connectivity index (χ0n) is 10.3. The Morgan fingerprint density at radius 1 is 1.39 bits per heavy atom. The van der Waals surface area contributed by atoms with E-state index in [4.69, 9.17) is 0 Å². The predicted octanol–water partition coefficient (Wildman–Crippen LogP) is 2.17. The first kappa shape index (κ1) is 12.0. The third-order valence-corrected chi connectivity index (χ3v) is 2.17. The highest BCUT2D eigenvalue weighted by Gasteiger charge is 2.01. The molecule has 0 saturated heterocycles. The quantitative estimate of drug-likeness (QED) is 0.839. The lowest BCUT2D eigenvalue weighted by molar-refractivity contribution is -0.111. The first-order chi connectivity index (χ1) is 8.65. The molecule has 0 aromatic carbocycles. The average molecular weight is 242 g/mol. The van der Waals surface area contributed by atoms with Crippen LogP contribution in [0.3, 0.4) is 0 Å². The first-order valence-corrected chi connectivity index (χ1v) is 5.57. The highest BCUT2D eigenvalue weighted by Crippen LogP contribution is 2.09. The van der Waals surface area contributed by atoms with Gasteiger partial charge in [0.05, 0.1) is 11.9 Å². The van der Waals surface area contributed by atoms with Gasteiger partial charge in [0.1, 0.15) is 0 Å². The van der Waals surface area contributed by atoms with E-state index in [-0.39, 0.29) is 5.91 Å². The van der Waals surface area contributed by atoms with Crippen LogP contribution in [0.1, 0.15) is 13.8 Å². The molecule has 0 fully saturated rings. The Labute approximate surface area is 105 Å². The smallest absolute Gasteiger partial charge is 0.248 e. The van der Waals surface area contributed by atoms with Gasteiger partial charge in [0.2, 0.25) is 5.91 Å². The van der Waals surface area contributed by atoms with Gasteiger partial charge in [0.25, 0.3) is 0 Å². The van der Waals surface area contributed by atoms with Crippen molar-refractivity contribution in [2.75, 3.05) is 5.32 Å². The van der Waals surface area contributed by atoms with Gasteiger partial charge in [-0.05, 0) is 32.0 Å². The molecule has 0 radical (unpaired) electrons. The summed E-state index contributed by atoms with van der Waals surface area (Å²) in [6, 6.07) is 5.41. The van der Waals surface area contributed by atoms with Crippen LogP contribution in [0.2, 0.25) is 0 Å². The van der Waals surface area contributed by atoms with Crippen LogP contribution in [-0.4, -0.2) is 20.7 Å². The SMILES string of the molecule is CC(C)=CC(=O)Nc1ccc(-n2cccn2)nc1. The highest BCUT2D eigenvalue weighted by atomic mass is 16.1. The second kappa shape index (κ2) is 5.27. The Morgan fingerprint density at radius 3 is 2.78 bits per heavy atom. The molecule has 2 heterocycles. The van der Waals surface area contributed by atoms with Crippen molar-refractivity contribution in [3.63, 3.8) is 0 Å². The highest BCUT2D eigenvalue weighted by molar-refractivity contribution is 5.99. The van der Waals surface area contributed by atoms with E-state index in [1.165, 1.54) is 0 Å². The van der Waals surface area contributed by atoms with E-state index < -0.39 is 0 Å². The lowest BCUT2D eigenvalue weighted by atomic mass is 10.3. The van der Waals surface area contributed by atoms with Gasteiger partial charge >= 0.3 is 0 Å². The van der Waals surface area contributed by atoms with Crippen LogP contribution in [0, 0.1) is 0 Å². The maximum atomic E-state index is 11.5. The van der Waals surface area contributed by atoms with Crippen molar-refractivity contribution in [2.45, 2.75) is 13.8 Å². The molecule has 2 aromatic heterocycles. The molecule has 0 unspecified atom stereocenters. The summed E-state index contributed by atoms with van der Waals surface area (Å²) in [5.74, 6) is 0.559. The average Bonchev–Trinajstić information content (AvgIpc) is 2.82. The maximum Gasteiger partial charge on any atom is 0.248 e. The minimum absolute atomic E-state index is 0.149. The number of hydrogen-bond donors (Lipinski definition) is 1. The number of hydrogen-bond acceptors (Lipinski definition) is 3. The topological polar surface area (TPSA) is 59.8 Å². The molecular formula is C13H14N4O. The number of nitrogens with zero attached hydrogens (tertiary/aromatic N) is 3. The van der Waals surface area contributed by atoms with Crippen LogP contribution < -0.4 is 5.32 Å². The van der Waals surface area contributed by atoms with E-state index in [1.807, 2.05) is 26.1 Å². The lowest BCUT2D eigenvalue weighted by Crippen LogP contribution is -2.09. The monoisotopic (exact) mass is 242 g/mol. The second-order valence-electron chi connectivity index (χ2n) is 4.07. The summed E-state index contributed by atoms with van der Waals surface area (Å²) in [6.45, 7) is 3.75. The summed E-state index contributed by atoms with van der Waals surface area (Å²) in [5.41, 5.74) is 1.61. The standard InChI is InChI=1S/C13H14N4O/c1-10(2)8-13(18)16-11-4-5-12(14-9-11)17-7-3-6-15-17/h3-9H,1-2H3,(H,16,18). The van der Waals surface area contributed by atoms with Crippen LogP contribution in [0.4, 0.5) is 5.69 Å². The van der Waals surface area contributed by atoms with Gasteiger partial charge in [-0.15, -0.1) is 0 Å². The van der Waals surface area contributed by atoms with Gasteiger partial charge in [-0.25, -0.2) is 9.67 Å². The van der Waals surface area contributed by atoms with Crippen molar-refractivity contribution in [1.82, 2.24) is 14.8 Å². The summed E-state index contributed by atoms with van der Waals surface area (Å²) >= 11 is 0. The van der Waals surface area contributed by atoms with Crippen molar-refractivity contribution < 1.29 is 4.79 Å². The molecule has 0 bridgehead atoms. The van der Waals surface area contributed by atoms with Gasteiger partial charge < -0.3 is 5.32 Å². The summed E-state index contributed by atoms with van der Waals surface area (Å²) in [6.07, 6.45) is 6.64. The number of carbonyl (C=O) groups is 1. The fourth-order valence-corrected chi connectivity index (χ4v) is 1.44. The van der Waals surface area contributed by atoms with Gasteiger partial charge in [-0.2, -0.15) is 5.10 Å². The molecule has 5 heteroatoms. The molecule has 0 atom stereocenters. The fourth-order valence-electron chi connectivity index (χ4n) is 1.44. The molecule has 0 aliphatic rings. The van der Waals surface area contributed by atoms with Crippen molar-refractivity contribution in [2.24, 2.45) is 0 Å². The first-order valence-electron chi connectivity index (χ1n) is 5.57. The number of pyridine rings is 1. The Hall–Kier alpha value is -2.43. The van der Waals surface area contributed by atoms with E-state index >= 15 is 0 Å². The van der Waals surface area contributed by atoms with Crippen LogP contribution in [-0.2, 0) is 4.79 Å². The summed E-state index contributed by atoms with van der Waals surface area (Å²) in [4.78, 5) is 15.7. The Morgan fingerprint density at radius 2 is 2.22 bits per heavy atom. The predicted molar refractivity (Wildman–Crippen MR) is 69.4 cm³/mol. The number of anilines is 1. The fraction of sp³-hybridized carbons (Fsp3) is 0.154. The minimum Gasteiger partial charge on any atom is -0.321 e. The summed E-state index contributed by atoms with van der Waals surface area (Å²) in [5, 5.41) is 6.81. The molecule has 18 heavy (non-hydrogen) atoms. The molecule has 5 nitrogen and oxygen atoms in total. The molecule has 0 aliphatic heterocycles. The number of rotatable bonds is 3. The largest absolute Gasteiger partial charge is 0.321 e. The molecule has 92 valence electrons. The van der Waals surface area contributed by atoms with Gasteiger partial charge in [-0.1, -0.05) is 5.57 Å². The lowest BCUT2D eigenvalue weighted by Gasteiger charge is -2.04. The number of carbonyl (C=O) groups excluding carboxylic acids is 1. The Balaban J connectivity index is 2.09. The summed E-state index contributed by atoms with van der Waals surface area (Å²) in [7, 11) is 0. The van der Waals surface area contributed by atoms with Crippen molar-refractivity contribution in [1.29, 1.82) is 0 Å². The maximum absolute atomic E-state index is 11.5. The number of nitrogens with one attached hydrogen (secondary N) is 1. The van der Waals surface area contributed by atoms with E-state index in [1.54, 1.807) is 35.3 Å². The Bertz CT molecular complexity index is 551. The molecule has 2 aromatic rings. The van der Waals surface area contributed by atoms with Crippen LogP contribution >= 0.6 is 0 Å². The number of amides is 1. The van der Waals surface area contributed by atoms with E-state index in [0.29, 0.717) is 11.5 Å². The zero-order valence-corrected chi connectivity index (χ0v) is 10.3.